The Labute approximate surface area is 84.1 Å². The lowest BCUT2D eigenvalue weighted by Gasteiger charge is -2.33. The van der Waals surface area contributed by atoms with Gasteiger partial charge in [0.05, 0.1) is 12.6 Å². The number of nitrogens with zero attached hydrogens (tertiary/aromatic N) is 2. The molecule has 1 atom stereocenters. The maximum absolute atomic E-state index is 10.4. The quantitative estimate of drug-likeness (QED) is 0.687. The second kappa shape index (κ2) is 5.61. The second-order valence-corrected chi connectivity index (χ2v) is 3.71. The van der Waals surface area contributed by atoms with Gasteiger partial charge in [0.1, 0.15) is 0 Å². The molecule has 0 spiro atoms. The van der Waals surface area contributed by atoms with E-state index in [1.807, 2.05) is 0 Å². The molecule has 14 heavy (non-hydrogen) atoms. The summed E-state index contributed by atoms with van der Waals surface area (Å²) in [7, 11) is 0. The molecule has 78 valence electrons. The first-order chi connectivity index (χ1) is 6.74. The molecule has 0 aromatic carbocycles. The first-order valence-electron chi connectivity index (χ1n) is 5.07. The predicted octanol–water partition coefficient (Wildman–Crippen LogP) is 1.23. The molecular weight excluding hydrogens is 180 g/mol. The number of carboxylic acid groups (broad SMARTS) is 1. The maximum Gasteiger partial charge on any atom is 0.303 e. The lowest BCUT2D eigenvalue weighted by Crippen LogP contribution is -2.39. The van der Waals surface area contributed by atoms with Crippen molar-refractivity contribution in [2.75, 3.05) is 13.1 Å². The van der Waals surface area contributed by atoms with Crippen molar-refractivity contribution < 1.29 is 9.90 Å². The van der Waals surface area contributed by atoms with Crippen LogP contribution in [0.2, 0.25) is 0 Å². The molecule has 1 saturated heterocycles. The monoisotopic (exact) mass is 196 g/mol. The fourth-order valence-electron chi connectivity index (χ4n) is 1.98. The lowest BCUT2D eigenvalue weighted by molar-refractivity contribution is -0.137. The van der Waals surface area contributed by atoms with E-state index in [1.165, 1.54) is 0 Å². The van der Waals surface area contributed by atoms with E-state index in [-0.39, 0.29) is 6.42 Å². The van der Waals surface area contributed by atoms with Gasteiger partial charge in [-0.25, -0.2) is 0 Å². The van der Waals surface area contributed by atoms with Gasteiger partial charge in [0.15, 0.2) is 0 Å². The second-order valence-electron chi connectivity index (χ2n) is 3.71. The van der Waals surface area contributed by atoms with E-state index in [9.17, 15) is 4.79 Å². The van der Waals surface area contributed by atoms with Crippen LogP contribution in [-0.2, 0) is 4.79 Å². The normalized spacial score (nSPS) is 22.9. The standard InChI is InChI=1S/C10H16N2O2/c11-6-8-12-7-2-1-3-9(12)4-5-10(13)14/h9H,1-5,7-8H2,(H,13,14). The molecule has 1 heterocycles. The van der Waals surface area contributed by atoms with Crippen LogP contribution in [0.3, 0.4) is 0 Å². The third kappa shape index (κ3) is 3.35. The highest BCUT2D eigenvalue weighted by Gasteiger charge is 2.22. The van der Waals surface area contributed by atoms with Crippen LogP contribution in [0, 0.1) is 11.3 Å². The molecule has 4 nitrogen and oxygen atoms in total. The Hall–Kier alpha value is -1.08. The number of aliphatic carboxylic acids is 1. The molecule has 0 aliphatic carbocycles. The van der Waals surface area contributed by atoms with Crippen LogP contribution in [0.1, 0.15) is 32.1 Å². The first-order valence-corrected chi connectivity index (χ1v) is 5.07. The average Bonchev–Trinajstić information content (AvgIpc) is 2.17. The third-order valence-corrected chi connectivity index (χ3v) is 2.71. The van der Waals surface area contributed by atoms with Crippen LogP contribution in [0.5, 0.6) is 0 Å². The van der Waals surface area contributed by atoms with Crippen molar-refractivity contribution in [3.05, 3.63) is 0 Å². The number of piperidine rings is 1. The molecule has 1 aliphatic heterocycles. The van der Waals surface area contributed by atoms with Crippen molar-refractivity contribution in [1.82, 2.24) is 4.90 Å². The summed E-state index contributed by atoms with van der Waals surface area (Å²) in [6.45, 7) is 1.38. The highest BCUT2D eigenvalue weighted by atomic mass is 16.4. The van der Waals surface area contributed by atoms with E-state index >= 15 is 0 Å². The summed E-state index contributed by atoms with van der Waals surface area (Å²) >= 11 is 0. The van der Waals surface area contributed by atoms with Crippen molar-refractivity contribution in [3.8, 4) is 6.07 Å². The molecule has 1 fully saturated rings. The van der Waals surface area contributed by atoms with Gasteiger partial charge in [-0.05, 0) is 25.8 Å². The molecule has 0 amide bonds. The highest BCUT2D eigenvalue weighted by Crippen LogP contribution is 2.20. The zero-order valence-electron chi connectivity index (χ0n) is 8.28. The van der Waals surface area contributed by atoms with Crippen LogP contribution in [0.4, 0.5) is 0 Å². The van der Waals surface area contributed by atoms with Crippen molar-refractivity contribution in [2.45, 2.75) is 38.1 Å². The summed E-state index contributed by atoms with van der Waals surface area (Å²) in [5.41, 5.74) is 0. The summed E-state index contributed by atoms with van der Waals surface area (Å²) in [6, 6.07) is 2.44. The Morgan fingerprint density at radius 1 is 1.57 bits per heavy atom. The minimum Gasteiger partial charge on any atom is -0.481 e. The Balaban J connectivity index is 2.38. The molecule has 0 aromatic heterocycles. The van der Waals surface area contributed by atoms with Crippen molar-refractivity contribution in [1.29, 1.82) is 5.26 Å². The number of rotatable bonds is 4. The largest absolute Gasteiger partial charge is 0.481 e. The summed E-state index contributed by atoms with van der Waals surface area (Å²) in [5.74, 6) is -0.743. The van der Waals surface area contributed by atoms with E-state index in [1.54, 1.807) is 0 Å². The molecule has 1 aliphatic rings. The van der Waals surface area contributed by atoms with Gasteiger partial charge in [0.2, 0.25) is 0 Å². The summed E-state index contributed by atoms with van der Waals surface area (Å²) in [5, 5.41) is 17.2. The van der Waals surface area contributed by atoms with Crippen LogP contribution in [0.25, 0.3) is 0 Å². The van der Waals surface area contributed by atoms with E-state index in [0.717, 1.165) is 25.8 Å². The molecule has 4 heteroatoms. The smallest absolute Gasteiger partial charge is 0.303 e. The SMILES string of the molecule is N#CCN1CCCCC1CCC(=O)O. The van der Waals surface area contributed by atoms with Crippen molar-refractivity contribution in [3.63, 3.8) is 0 Å². The lowest BCUT2D eigenvalue weighted by atomic mass is 9.98. The number of nitriles is 1. The predicted molar refractivity (Wildman–Crippen MR) is 51.7 cm³/mol. The summed E-state index contributed by atoms with van der Waals surface area (Å²) in [4.78, 5) is 12.5. The van der Waals surface area contributed by atoms with Gasteiger partial charge < -0.3 is 5.11 Å². The fraction of sp³-hybridized carbons (Fsp3) is 0.800. The molecule has 1 unspecified atom stereocenters. The minimum atomic E-state index is -0.743. The fourth-order valence-corrected chi connectivity index (χ4v) is 1.98. The van der Waals surface area contributed by atoms with E-state index in [2.05, 4.69) is 11.0 Å². The highest BCUT2D eigenvalue weighted by molar-refractivity contribution is 5.66. The van der Waals surface area contributed by atoms with Gasteiger partial charge in [-0.15, -0.1) is 0 Å². The topological polar surface area (TPSA) is 64.3 Å². The third-order valence-electron chi connectivity index (χ3n) is 2.71. The zero-order valence-corrected chi connectivity index (χ0v) is 8.28. The van der Waals surface area contributed by atoms with Gasteiger partial charge in [0, 0.05) is 12.5 Å². The molecule has 1 N–H and O–H groups in total. The number of hydrogen-bond acceptors (Lipinski definition) is 3. The number of carboxylic acids is 1. The summed E-state index contributed by atoms with van der Waals surface area (Å²) < 4.78 is 0. The maximum atomic E-state index is 10.4. The molecule has 1 rings (SSSR count). The van der Waals surface area contributed by atoms with Crippen LogP contribution < -0.4 is 0 Å². The van der Waals surface area contributed by atoms with Gasteiger partial charge in [0.25, 0.3) is 0 Å². The van der Waals surface area contributed by atoms with E-state index < -0.39 is 5.97 Å². The number of hydrogen-bond donors (Lipinski definition) is 1. The van der Waals surface area contributed by atoms with E-state index in [4.69, 9.17) is 10.4 Å². The van der Waals surface area contributed by atoms with Gasteiger partial charge >= 0.3 is 5.97 Å². The number of likely N-dealkylation sites (tertiary alicyclic amines) is 1. The molecule has 0 radical (unpaired) electrons. The van der Waals surface area contributed by atoms with Gasteiger partial charge in [-0.1, -0.05) is 6.42 Å². The van der Waals surface area contributed by atoms with Crippen LogP contribution >= 0.6 is 0 Å². The minimum absolute atomic E-state index is 0.215. The first kappa shape index (κ1) is 11.0. The van der Waals surface area contributed by atoms with Gasteiger partial charge in [-0.3, -0.25) is 9.69 Å². The van der Waals surface area contributed by atoms with Crippen LogP contribution in [-0.4, -0.2) is 35.1 Å². The van der Waals surface area contributed by atoms with Crippen LogP contribution in [0.15, 0.2) is 0 Å². The van der Waals surface area contributed by atoms with Gasteiger partial charge in [-0.2, -0.15) is 5.26 Å². The Morgan fingerprint density at radius 3 is 3.00 bits per heavy atom. The molecule has 0 aromatic rings. The Kier molecular flexibility index (Phi) is 4.41. The van der Waals surface area contributed by atoms with Crippen molar-refractivity contribution >= 4 is 5.97 Å². The Morgan fingerprint density at radius 2 is 2.36 bits per heavy atom. The Bertz CT molecular complexity index is 235. The molecular formula is C10H16N2O2. The van der Waals surface area contributed by atoms with E-state index in [0.29, 0.717) is 19.0 Å². The average molecular weight is 196 g/mol. The summed E-state index contributed by atoms with van der Waals surface area (Å²) in [6.07, 6.45) is 4.22. The molecule has 0 saturated carbocycles. The zero-order chi connectivity index (χ0) is 10.4. The molecule has 0 bridgehead atoms. The number of carbonyl (C=O) groups is 1. The van der Waals surface area contributed by atoms with Crippen molar-refractivity contribution in [2.24, 2.45) is 0 Å².